The van der Waals surface area contributed by atoms with E-state index in [1.807, 2.05) is 63.2 Å². The smallest absolute Gasteiger partial charge is 0.410 e. The van der Waals surface area contributed by atoms with E-state index in [9.17, 15) is 4.79 Å². The van der Waals surface area contributed by atoms with E-state index in [0.717, 1.165) is 34.5 Å². The fourth-order valence-electron chi connectivity index (χ4n) is 3.89. The summed E-state index contributed by atoms with van der Waals surface area (Å²) in [5.74, 6) is 0.373. The maximum Gasteiger partial charge on any atom is 0.410 e. The van der Waals surface area contributed by atoms with Crippen molar-refractivity contribution >= 4 is 28.7 Å². The summed E-state index contributed by atoms with van der Waals surface area (Å²) in [6, 6.07) is 16.5. The number of hydrogen-bond donors (Lipinski definition) is 0. The lowest BCUT2D eigenvalue weighted by Crippen LogP contribution is -2.42. The minimum Gasteiger partial charge on any atom is -0.464 e. The molecule has 0 saturated carbocycles. The number of benzene rings is 2. The van der Waals surface area contributed by atoms with Gasteiger partial charge in [-0.15, -0.1) is 0 Å². The zero-order valence-corrected chi connectivity index (χ0v) is 19.6. The third kappa shape index (κ3) is 5.54. The Morgan fingerprint density at radius 3 is 2.47 bits per heavy atom. The first-order valence-electron chi connectivity index (χ1n) is 11.1. The maximum absolute atomic E-state index is 12.3. The van der Waals surface area contributed by atoms with Crippen LogP contribution in [0.15, 0.2) is 48.5 Å². The highest BCUT2D eigenvalue weighted by Gasteiger charge is 2.27. The summed E-state index contributed by atoms with van der Waals surface area (Å²) in [6.45, 7) is 8.27. The highest BCUT2D eigenvalue weighted by atomic mass is 35.5. The molecule has 1 aliphatic rings. The van der Waals surface area contributed by atoms with Crippen LogP contribution in [0.2, 0.25) is 5.02 Å². The molecule has 1 saturated heterocycles. The number of ether oxygens (including phenoxy) is 2. The molecule has 0 radical (unpaired) electrons. The summed E-state index contributed by atoms with van der Waals surface area (Å²) >= 11 is 6.04. The van der Waals surface area contributed by atoms with Crippen molar-refractivity contribution in [2.24, 2.45) is 5.92 Å². The van der Waals surface area contributed by atoms with Gasteiger partial charge in [-0.25, -0.2) is 4.79 Å². The van der Waals surface area contributed by atoms with Crippen molar-refractivity contribution < 1.29 is 14.3 Å². The van der Waals surface area contributed by atoms with E-state index in [0.29, 0.717) is 38.2 Å². The van der Waals surface area contributed by atoms with Crippen LogP contribution in [0.3, 0.4) is 0 Å². The lowest BCUT2D eigenvalue weighted by Gasteiger charge is -2.33. The Labute approximate surface area is 194 Å². The molecule has 7 heteroatoms. The van der Waals surface area contributed by atoms with Gasteiger partial charge in [-0.3, -0.25) is 4.57 Å². The number of rotatable bonds is 5. The van der Waals surface area contributed by atoms with E-state index in [2.05, 4.69) is 10.6 Å². The zero-order valence-electron chi connectivity index (χ0n) is 18.9. The van der Waals surface area contributed by atoms with Crippen molar-refractivity contribution in [3.63, 3.8) is 0 Å². The number of imidazole rings is 1. The molecule has 0 atom stereocenters. The Balaban J connectivity index is 1.40. The van der Waals surface area contributed by atoms with E-state index in [1.165, 1.54) is 0 Å². The van der Waals surface area contributed by atoms with Crippen LogP contribution in [0.1, 0.15) is 39.2 Å². The van der Waals surface area contributed by atoms with Gasteiger partial charge in [-0.2, -0.15) is 4.98 Å². The molecule has 1 aromatic heterocycles. The summed E-state index contributed by atoms with van der Waals surface area (Å²) in [5.41, 5.74) is 2.61. The number of hydrogen-bond acceptors (Lipinski definition) is 4. The molecule has 1 amide bonds. The van der Waals surface area contributed by atoms with Gasteiger partial charge in [0.25, 0.3) is 6.01 Å². The van der Waals surface area contributed by atoms with Gasteiger partial charge in [0.1, 0.15) is 5.60 Å². The predicted octanol–water partition coefficient (Wildman–Crippen LogP) is 5.76. The molecule has 32 heavy (non-hydrogen) atoms. The van der Waals surface area contributed by atoms with Crippen molar-refractivity contribution in [1.29, 1.82) is 0 Å². The molecule has 4 rings (SSSR count). The van der Waals surface area contributed by atoms with Crippen molar-refractivity contribution in [2.75, 3.05) is 19.7 Å². The van der Waals surface area contributed by atoms with E-state index in [4.69, 9.17) is 26.1 Å². The van der Waals surface area contributed by atoms with Gasteiger partial charge in [0.15, 0.2) is 0 Å². The van der Waals surface area contributed by atoms with Gasteiger partial charge in [-0.05, 0) is 69.4 Å². The molecule has 0 N–H and O–H groups in total. The first kappa shape index (κ1) is 22.5. The second-order valence-corrected chi connectivity index (χ2v) is 9.75. The Morgan fingerprint density at radius 2 is 1.78 bits per heavy atom. The maximum atomic E-state index is 12.3. The summed E-state index contributed by atoms with van der Waals surface area (Å²) < 4.78 is 13.8. The molecule has 6 nitrogen and oxygen atoms in total. The number of carbonyl (C=O) groups is 1. The Hall–Kier alpha value is -2.73. The van der Waals surface area contributed by atoms with Crippen LogP contribution in [0, 0.1) is 5.92 Å². The van der Waals surface area contributed by atoms with E-state index >= 15 is 0 Å². The third-order valence-electron chi connectivity index (χ3n) is 5.59. The number of fused-ring (bicyclic) bond motifs is 1. The average molecular weight is 456 g/mol. The molecule has 0 bridgehead atoms. The Morgan fingerprint density at radius 1 is 1.09 bits per heavy atom. The first-order valence-corrected chi connectivity index (χ1v) is 11.5. The molecule has 0 spiro atoms. The number of nitrogens with zero attached hydrogens (tertiary/aromatic N) is 3. The van der Waals surface area contributed by atoms with Gasteiger partial charge in [0.2, 0.25) is 0 Å². The number of aromatic nitrogens is 2. The van der Waals surface area contributed by atoms with Crippen LogP contribution in [0.5, 0.6) is 6.01 Å². The second kappa shape index (κ2) is 9.41. The number of likely N-dealkylation sites (tertiary alicyclic amines) is 1. The van der Waals surface area contributed by atoms with Crippen LogP contribution in [-0.2, 0) is 11.3 Å². The highest BCUT2D eigenvalue weighted by Crippen LogP contribution is 2.26. The van der Waals surface area contributed by atoms with E-state index in [1.54, 1.807) is 4.90 Å². The Kier molecular flexibility index (Phi) is 6.60. The van der Waals surface area contributed by atoms with Gasteiger partial charge >= 0.3 is 6.09 Å². The van der Waals surface area contributed by atoms with Crippen molar-refractivity contribution in [1.82, 2.24) is 14.5 Å². The molecule has 170 valence electrons. The fourth-order valence-corrected chi connectivity index (χ4v) is 4.02. The topological polar surface area (TPSA) is 56.6 Å². The molecule has 1 fully saturated rings. The monoisotopic (exact) mass is 455 g/mol. The molecular formula is C25H30ClN3O3. The second-order valence-electron chi connectivity index (χ2n) is 9.32. The molecular weight excluding hydrogens is 426 g/mol. The SMILES string of the molecule is CC(C)(C)OC(=O)N1CCC(COc2nc3ccccc3n2Cc2ccc(Cl)cc2)CC1. The van der Waals surface area contributed by atoms with Crippen molar-refractivity contribution in [3.05, 3.63) is 59.1 Å². The van der Waals surface area contributed by atoms with E-state index < -0.39 is 5.60 Å². The predicted molar refractivity (Wildman–Crippen MR) is 126 cm³/mol. The normalized spacial score (nSPS) is 15.2. The van der Waals surface area contributed by atoms with Gasteiger partial charge < -0.3 is 14.4 Å². The largest absolute Gasteiger partial charge is 0.464 e. The number of carbonyl (C=O) groups excluding carboxylic acids is 1. The minimum atomic E-state index is -0.472. The van der Waals surface area contributed by atoms with Crippen molar-refractivity contribution in [2.45, 2.75) is 45.8 Å². The molecule has 0 unspecified atom stereocenters. The van der Waals surface area contributed by atoms with Crippen LogP contribution < -0.4 is 4.74 Å². The standard InChI is InChI=1S/C25H30ClN3O3/c1-25(2,3)32-24(30)28-14-12-19(13-15-28)17-31-23-27-21-6-4-5-7-22(21)29(23)16-18-8-10-20(26)11-9-18/h4-11,19H,12-17H2,1-3H3. The summed E-state index contributed by atoms with van der Waals surface area (Å²) in [7, 11) is 0. The lowest BCUT2D eigenvalue weighted by atomic mass is 9.98. The lowest BCUT2D eigenvalue weighted by molar-refractivity contribution is 0.0162. The first-order chi connectivity index (χ1) is 15.3. The highest BCUT2D eigenvalue weighted by molar-refractivity contribution is 6.30. The third-order valence-corrected chi connectivity index (χ3v) is 5.84. The number of piperidine rings is 1. The molecule has 1 aliphatic heterocycles. The van der Waals surface area contributed by atoms with Crippen LogP contribution >= 0.6 is 11.6 Å². The summed E-state index contributed by atoms with van der Waals surface area (Å²) in [4.78, 5) is 18.8. The molecule has 2 heterocycles. The average Bonchev–Trinajstić information content (AvgIpc) is 3.10. The fraction of sp³-hybridized carbons (Fsp3) is 0.440. The molecule has 3 aromatic rings. The number of para-hydroxylation sites is 2. The minimum absolute atomic E-state index is 0.235. The molecule has 0 aliphatic carbocycles. The molecule has 2 aromatic carbocycles. The number of amides is 1. The van der Waals surface area contributed by atoms with Gasteiger partial charge in [0, 0.05) is 18.1 Å². The van der Waals surface area contributed by atoms with Crippen LogP contribution in [0.4, 0.5) is 4.79 Å². The van der Waals surface area contributed by atoms with Gasteiger partial charge in [-0.1, -0.05) is 35.9 Å². The summed E-state index contributed by atoms with van der Waals surface area (Å²) in [6.07, 6.45) is 1.54. The zero-order chi connectivity index (χ0) is 22.7. The summed E-state index contributed by atoms with van der Waals surface area (Å²) in [5, 5.41) is 0.721. The van der Waals surface area contributed by atoms with Crippen molar-refractivity contribution in [3.8, 4) is 6.01 Å². The van der Waals surface area contributed by atoms with Crippen LogP contribution in [-0.4, -0.2) is 45.8 Å². The number of halogens is 1. The Bertz CT molecular complexity index is 1060. The van der Waals surface area contributed by atoms with Gasteiger partial charge in [0.05, 0.1) is 24.2 Å². The van der Waals surface area contributed by atoms with Crippen LogP contribution in [0.25, 0.3) is 11.0 Å². The quantitative estimate of drug-likeness (QED) is 0.490. The van der Waals surface area contributed by atoms with E-state index in [-0.39, 0.29) is 6.09 Å².